The van der Waals surface area contributed by atoms with E-state index in [4.69, 9.17) is 14.2 Å². The van der Waals surface area contributed by atoms with Gasteiger partial charge in [0.25, 0.3) is 5.91 Å². The Morgan fingerprint density at radius 3 is 2.51 bits per heavy atom. The van der Waals surface area contributed by atoms with E-state index in [-0.39, 0.29) is 24.4 Å². The van der Waals surface area contributed by atoms with Crippen molar-refractivity contribution < 1.29 is 28.9 Å². The summed E-state index contributed by atoms with van der Waals surface area (Å²) in [7, 11) is 3.00. The number of rotatable bonds is 7. The number of carbonyl (C=O) groups is 2. The number of aliphatic hydroxyl groups excluding tert-OH is 1. The van der Waals surface area contributed by atoms with Crippen molar-refractivity contribution in [3.63, 3.8) is 0 Å². The number of piperidine rings is 1. The van der Waals surface area contributed by atoms with Gasteiger partial charge in [0, 0.05) is 47.7 Å². The van der Waals surface area contributed by atoms with Crippen LogP contribution in [0, 0.1) is 0 Å². The lowest BCUT2D eigenvalue weighted by atomic mass is 9.81. The second-order valence-electron chi connectivity index (χ2n) is 11.8. The zero-order valence-electron chi connectivity index (χ0n) is 25.0. The summed E-state index contributed by atoms with van der Waals surface area (Å²) in [5, 5.41) is 14.0. The van der Waals surface area contributed by atoms with Crippen LogP contribution in [0.1, 0.15) is 66.8 Å². The fourth-order valence-electron chi connectivity index (χ4n) is 6.96. The highest BCUT2D eigenvalue weighted by molar-refractivity contribution is 6.02. The Kier molecular flexibility index (Phi) is 9.84. The summed E-state index contributed by atoms with van der Waals surface area (Å²) in [6.07, 6.45) is 6.99. The van der Waals surface area contributed by atoms with E-state index in [0.717, 1.165) is 35.4 Å². The molecule has 0 bridgehead atoms. The van der Waals surface area contributed by atoms with Crippen LogP contribution in [-0.4, -0.2) is 79.1 Å². The molecular formula is C33H42ClN3O6. The van der Waals surface area contributed by atoms with Crippen LogP contribution in [0.5, 0.6) is 11.5 Å². The number of amides is 1. The van der Waals surface area contributed by atoms with Crippen LogP contribution in [0.4, 0.5) is 0 Å². The van der Waals surface area contributed by atoms with E-state index in [1.54, 1.807) is 7.11 Å². The average Bonchev–Trinajstić information content (AvgIpc) is 3.22. The number of likely N-dealkylation sites (tertiary alicyclic amines) is 1. The number of ether oxygens (including phenoxy) is 3. The molecule has 2 fully saturated rings. The van der Waals surface area contributed by atoms with E-state index >= 15 is 0 Å². The summed E-state index contributed by atoms with van der Waals surface area (Å²) in [5.74, 6) is 1.23. The summed E-state index contributed by atoms with van der Waals surface area (Å²) in [6, 6.07) is 11.1. The zero-order valence-corrected chi connectivity index (χ0v) is 25.8. The summed E-state index contributed by atoms with van der Waals surface area (Å²) < 4.78 is 19.1. The first-order chi connectivity index (χ1) is 20.5. The lowest BCUT2D eigenvalue weighted by molar-refractivity contribution is -0.143. The SMILES string of the molecule is COC(=O)C(CN1CCC(O)CC1)NC(=O)c1ccc2c(C3CCCCC3)c3n(c2c1)CCOc1cc(OC)ccc1-3.Cl. The number of halogens is 1. The number of hydrogen-bond donors (Lipinski definition) is 2. The third kappa shape index (κ3) is 6.35. The Bertz CT molecular complexity index is 1460. The molecule has 3 aliphatic rings. The van der Waals surface area contributed by atoms with Crippen molar-refractivity contribution in [1.29, 1.82) is 0 Å². The van der Waals surface area contributed by atoms with Gasteiger partial charge in [-0.25, -0.2) is 4.79 Å². The molecule has 1 saturated carbocycles. The molecule has 6 rings (SSSR count). The van der Waals surface area contributed by atoms with Crippen LogP contribution >= 0.6 is 12.4 Å². The molecule has 1 aromatic heterocycles. The van der Waals surface area contributed by atoms with Crippen molar-refractivity contribution in [3.8, 4) is 22.8 Å². The number of aromatic nitrogens is 1. The Morgan fingerprint density at radius 2 is 1.79 bits per heavy atom. The summed E-state index contributed by atoms with van der Waals surface area (Å²) in [6.45, 7) is 2.86. The van der Waals surface area contributed by atoms with Crippen LogP contribution in [0.25, 0.3) is 22.2 Å². The first kappa shape index (κ1) is 31.2. The van der Waals surface area contributed by atoms with Gasteiger partial charge >= 0.3 is 5.97 Å². The Morgan fingerprint density at radius 1 is 1.02 bits per heavy atom. The Hall–Kier alpha value is -3.27. The summed E-state index contributed by atoms with van der Waals surface area (Å²) in [4.78, 5) is 28.4. The van der Waals surface area contributed by atoms with Gasteiger partial charge in [0.1, 0.15) is 24.1 Å². The molecule has 1 aliphatic carbocycles. The second kappa shape index (κ2) is 13.6. The molecule has 3 aromatic rings. The van der Waals surface area contributed by atoms with Crippen molar-refractivity contribution in [2.45, 2.75) is 69.6 Å². The molecule has 43 heavy (non-hydrogen) atoms. The van der Waals surface area contributed by atoms with Crippen LogP contribution in [0.2, 0.25) is 0 Å². The van der Waals surface area contributed by atoms with Gasteiger partial charge in [-0.05, 0) is 61.4 Å². The first-order valence-electron chi connectivity index (χ1n) is 15.2. The highest BCUT2D eigenvalue weighted by Crippen LogP contribution is 2.47. The topological polar surface area (TPSA) is 102 Å². The first-order valence-corrected chi connectivity index (χ1v) is 15.2. The molecule has 3 heterocycles. The van der Waals surface area contributed by atoms with Crippen LogP contribution in [0.15, 0.2) is 36.4 Å². The van der Waals surface area contributed by atoms with Gasteiger partial charge in [-0.1, -0.05) is 25.3 Å². The van der Waals surface area contributed by atoms with E-state index in [2.05, 4.69) is 26.9 Å². The minimum atomic E-state index is -0.800. The van der Waals surface area contributed by atoms with Gasteiger partial charge in [0.15, 0.2) is 0 Å². The smallest absolute Gasteiger partial charge is 0.329 e. The number of benzene rings is 2. The van der Waals surface area contributed by atoms with Crippen LogP contribution < -0.4 is 14.8 Å². The molecule has 1 atom stereocenters. The van der Waals surface area contributed by atoms with E-state index in [9.17, 15) is 14.7 Å². The van der Waals surface area contributed by atoms with Gasteiger partial charge in [-0.15, -0.1) is 12.4 Å². The number of fused-ring (bicyclic) bond motifs is 5. The largest absolute Gasteiger partial charge is 0.497 e. The van der Waals surface area contributed by atoms with Crippen LogP contribution in [-0.2, 0) is 16.1 Å². The minimum Gasteiger partial charge on any atom is -0.497 e. The van der Waals surface area contributed by atoms with Gasteiger partial charge in [0.05, 0.1) is 32.6 Å². The van der Waals surface area contributed by atoms with E-state index < -0.39 is 12.0 Å². The van der Waals surface area contributed by atoms with E-state index in [0.29, 0.717) is 57.1 Å². The Labute approximate surface area is 258 Å². The number of esters is 1. The number of nitrogens with zero attached hydrogens (tertiary/aromatic N) is 2. The maximum absolute atomic E-state index is 13.6. The third-order valence-corrected chi connectivity index (χ3v) is 9.18. The molecule has 9 nitrogen and oxygen atoms in total. The predicted molar refractivity (Wildman–Crippen MR) is 167 cm³/mol. The lowest BCUT2D eigenvalue weighted by Crippen LogP contribution is -2.51. The standard InChI is InChI=1S/C33H41N3O6.ClH/c1-40-24-9-11-26-29(19-24)42-17-16-36-28-18-22(8-10-25(28)30(31(26)36)21-6-4-3-5-7-21)32(38)34-27(33(39)41-2)20-35-14-12-23(37)13-15-35;/h8-11,18-19,21,23,27,37H,3-7,12-17,20H2,1-2H3,(H,34,38);1H. The quantitative estimate of drug-likeness (QED) is 0.366. The zero-order chi connectivity index (χ0) is 29.2. The highest BCUT2D eigenvalue weighted by atomic mass is 35.5. The third-order valence-electron chi connectivity index (χ3n) is 9.18. The Balaban J connectivity index is 0.00000368. The molecule has 0 spiro atoms. The fourth-order valence-corrected chi connectivity index (χ4v) is 6.96. The maximum Gasteiger partial charge on any atom is 0.329 e. The molecule has 1 saturated heterocycles. The van der Waals surface area contributed by atoms with Crippen LogP contribution in [0.3, 0.4) is 0 Å². The monoisotopic (exact) mass is 611 g/mol. The van der Waals surface area contributed by atoms with Crippen molar-refractivity contribution in [3.05, 3.63) is 47.5 Å². The summed E-state index contributed by atoms with van der Waals surface area (Å²) in [5.41, 5.74) is 5.07. The lowest BCUT2D eigenvalue weighted by Gasteiger charge is -2.31. The number of hydrogen-bond acceptors (Lipinski definition) is 7. The molecule has 1 unspecified atom stereocenters. The second-order valence-corrected chi connectivity index (χ2v) is 11.8. The van der Waals surface area contributed by atoms with Crippen molar-refractivity contribution in [1.82, 2.24) is 14.8 Å². The average molecular weight is 612 g/mol. The van der Waals surface area contributed by atoms with E-state index in [1.807, 2.05) is 24.3 Å². The normalized spacial score (nSPS) is 18.4. The van der Waals surface area contributed by atoms with Gasteiger partial charge in [-0.2, -0.15) is 0 Å². The molecule has 232 valence electrons. The molecule has 0 radical (unpaired) electrons. The van der Waals surface area contributed by atoms with Crippen molar-refractivity contribution >= 4 is 35.2 Å². The molecule has 2 N–H and O–H groups in total. The minimum absolute atomic E-state index is 0. The summed E-state index contributed by atoms with van der Waals surface area (Å²) >= 11 is 0. The molecule has 10 heteroatoms. The van der Waals surface area contributed by atoms with Crippen molar-refractivity contribution in [2.75, 3.05) is 40.5 Å². The van der Waals surface area contributed by atoms with E-state index in [1.165, 1.54) is 43.0 Å². The molecule has 2 aromatic carbocycles. The van der Waals surface area contributed by atoms with Gasteiger partial charge < -0.3 is 34.1 Å². The fraction of sp³-hybridized carbons (Fsp3) is 0.515. The number of methoxy groups -OCH3 is 2. The number of aliphatic hydroxyl groups is 1. The molecule has 1 amide bonds. The maximum atomic E-state index is 13.6. The predicted octanol–water partition coefficient (Wildman–Crippen LogP) is 4.91. The van der Waals surface area contributed by atoms with Gasteiger partial charge in [-0.3, -0.25) is 4.79 Å². The molecule has 2 aliphatic heterocycles. The molecular weight excluding hydrogens is 570 g/mol. The highest BCUT2D eigenvalue weighted by Gasteiger charge is 2.31. The van der Waals surface area contributed by atoms with Gasteiger partial charge in [0.2, 0.25) is 0 Å². The van der Waals surface area contributed by atoms with Crippen molar-refractivity contribution in [2.24, 2.45) is 0 Å². The number of nitrogens with one attached hydrogen (secondary N) is 1. The number of carbonyl (C=O) groups excluding carboxylic acids is 2.